The summed E-state index contributed by atoms with van der Waals surface area (Å²) in [6.07, 6.45) is 18.7. The summed E-state index contributed by atoms with van der Waals surface area (Å²) >= 11 is 0. The minimum atomic E-state index is -0.362. The number of rotatable bonds is 16. The Morgan fingerprint density at radius 3 is 1.36 bits per heavy atom. The topological polar surface area (TPSA) is 19.9 Å². The maximum atomic E-state index is 12.4. The molecule has 0 saturated carbocycles. The van der Waals surface area contributed by atoms with Crippen LogP contribution in [0.25, 0.3) is 0 Å². The van der Waals surface area contributed by atoms with Crippen molar-refractivity contribution in [2.45, 2.75) is 130 Å². The van der Waals surface area contributed by atoms with Crippen LogP contribution in [0.1, 0.15) is 124 Å². The van der Waals surface area contributed by atoms with Gasteiger partial charge in [-0.15, -0.1) is 0 Å². The third-order valence-electron chi connectivity index (χ3n) is 5.35. The molecule has 1 nitrogen and oxygen atoms in total. The molecule has 1 unspecified atom stereocenters. The molecular weight excluding hydrogens is 268 g/mol. The predicted octanol–water partition coefficient (Wildman–Crippen LogP) is 7.70. The molecule has 133 valence electrons. The second kappa shape index (κ2) is 14.5. The van der Waals surface area contributed by atoms with Crippen LogP contribution in [-0.2, 0) is 5.11 Å². The molecule has 1 radical (unpaired) electrons. The Morgan fingerprint density at radius 2 is 1.00 bits per heavy atom. The van der Waals surface area contributed by atoms with Gasteiger partial charge in [-0.05, 0) is 24.7 Å². The summed E-state index contributed by atoms with van der Waals surface area (Å²) < 4.78 is 0. The smallest absolute Gasteiger partial charge is 0.0980 e. The SMILES string of the molecule is CCCCCCCCC(C)(CCCCCCCC)C([O])CC. The average molecular weight is 312 g/mol. The zero-order valence-corrected chi connectivity index (χ0v) is 16.1. The highest BCUT2D eigenvalue weighted by atomic mass is 16.3. The largest absolute Gasteiger partial charge is 0.233 e. The monoisotopic (exact) mass is 311 g/mol. The number of hydrogen-bond acceptors (Lipinski definition) is 0. The lowest BCUT2D eigenvalue weighted by Crippen LogP contribution is -2.31. The summed E-state index contributed by atoms with van der Waals surface area (Å²) in [6, 6.07) is 0. The molecule has 22 heavy (non-hydrogen) atoms. The normalized spacial score (nSPS) is 13.5. The van der Waals surface area contributed by atoms with E-state index in [1.54, 1.807) is 0 Å². The van der Waals surface area contributed by atoms with Gasteiger partial charge in [0.25, 0.3) is 0 Å². The third-order valence-corrected chi connectivity index (χ3v) is 5.35. The molecule has 0 aromatic carbocycles. The van der Waals surface area contributed by atoms with Gasteiger partial charge in [0.1, 0.15) is 0 Å². The fourth-order valence-corrected chi connectivity index (χ4v) is 3.56. The Morgan fingerprint density at radius 1 is 0.636 bits per heavy atom. The summed E-state index contributed by atoms with van der Waals surface area (Å²) in [4.78, 5) is 0. The summed E-state index contributed by atoms with van der Waals surface area (Å²) in [5.74, 6) is 0. The maximum Gasteiger partial charge on any atom is 0.0980 e. The van der Waals surface area contributed by atoms with Crippen molar-refractivity contribution in [3.63, 3.8) is 0 Å². The zero-order valence-electron chi connectivity index (χ0n) is 16.1. The molecule has 0 aromatic heterocycles. The van der Waals surface area contributed by atoms with Crippen molar-refractivity contribution >= 4 is 0 Å². The molecule has 0 rings (SSSR count). The molecule has 0 bridgehead atoms. The Labute approximate surface area is 141 Å². The molecule has 0 saturated heterocycles. The van der Waals surface area contributed by atoms with Crippen molar-refractivity contribution < 1.29 is 5.11 Å². The lowest BCUT2D eigenvalue weighted by Gasteiger charge is -2.33. The Bertz CT molecular complexity index is 208. The Balaban J connectivity index is 3.96. The second-order valence-corrected chi connectivity index (χ2v) is 7.59. The van der Waals surface area contributed by atoms with Gasteiger partial charge in [-0.3, -0.25) is 0 Å². The van der Waals surface area contributed by atoms with E-state index in [0.717, 1.165) is 19.3 Å². The van der Waals surface area contributed by atoms with E-state index < -0.39 is 0 Å². The van der Waals surface area contributed by atoms with Crippen molar-refractivity contribution in [3.05, 3.63) is 0 Å². The molecule has 0 aliphatic carbocycles. The van der Waals surface area contributed by atoms with E-state index in [-0.39, 0.29) is 11.5 Å². The van der Waals surface area contributed by atoms with Crippen LogP contribution in [-0.4, -0.2) is 6.10 Å². The van der Waals surface area contributed by atoms with Crippen molar-refractivity contribution in [2.75, 3.05) is 0 Å². The van der Waals surface area contributed by atoms with Gasteiger partial charge in [0.2, 0.25) is 0 Å². The van der Waals surface area contributed by atoms with Gasteiger partial charge < -0.3 is 0 Å². The molecule has 1 heteroatoms. The standard InChI is InChI=1S/C21H43O/c1-5-8-10-12-14-16-18-21(4,20(22)7-3)19-17-15-13-11-9-6-2/h20H,5-19H2,1-4H3. The van der Waals surface area contributed by atoms with Gasteiger partial charge in [-0.2, -0.15) is 0 Å². The molecule has 0 aromatic rings. The predicted molar refractivity (Wildman–Crippen MR) is 98.9 cm³/mol. The summed E-state index contributed by atoms with van der Waals surface area (Å²) in [6.45, 7) is 8.87. The molecular formula is C21H43O. The molecule has 1 atom stereocenters. The van der Waals surface area contributed by atoms with Crippen molar-refractivity contribution in [1.82, 2.24) is 0 Å². The van der Waals surface area contributed by atoms with Crippen molar-refractivity contribution in [2.24, 2.45) is 5.41 Å². The molecule has 0 spiro atoms. The minimum Gasteiger partial charge on any atom is -0.233 e. The van der Waals surface area contributed by atoms with E-state index in [0.29, 0.717) is 0 Å². The van der Waals surface area contributed by atoms with Gasteiger partial charge in [0.05, 0.1) is 6.10 Å². The van der Waals surface area contributed by atoms with E-state index >= 15 is 0 Å². The second-order valence-electron chi connectivity index (χ2n) is 7.59. The minimum absolute atomic E-state index is 0.0459. The van der Waals surface area contributed by atoms with Crippen LogP contribution in [0, 0.1) is 5.41 Å². The quantitative estimate of drug-likeness (QED) is 0.260. The summed E-state index contributed by atoms with van der Waals surface area (Å²) in [5, 5.41) is 12.4. The van der Waals surface area contributed by atoms with Crippen molar-refractivity contribution in [1.29, 1.82) is 0 Å². The van der Waals surface area contributed by atoms with E-state index in [4.69, 9.17) is 0 Å². The zero-order chi connectivity index (χ0) is 16.7. The highest BCUT2D eigenvalue weighted by Crippen LogP contribution is 2.36. The van der Waals surface area contributed by atoms with Crippen LogP contribution >= 0.6 is 0 Å². The average Bonchev–Trinajstić information content (AvgIpc) is 2.53. The van der Waals surface area contributed by atoms with Gasteiger partial charge in [-0.25, -0.2) is 5.11 Å². The first-order valence-corrected chi connectivity index (χ1v) is 10.3. The highest BCUT2D eigenvalue weighted by Gasteiger charge is 2.31. The van der Waals surface area contributed by atoms with E-state index in [1.165, 1.54) is 77.0 Å². The number of unbranched alkanes of at least 4 members (excludes halogenated alkanes) is 10. The molecule has 0 heterocycles. The van der Waals surface area contributed by atoms with Crippen LogP contribution in [0.2, 0.25) is 0 Å². The van der Waals surface area contributed by atoms with Gasteiger partial charge in [-0.1, -0.05) is 105 Å². The Hall–Kier alpha value is -0.0400. The fraction of sp³-hybridized carbons (Fsp3) is 1.00. The molecule has 0 N–H and O–H groups in total. The van der Waals surface area contributed by atoms with Gasteiger partial charge >= 0.3 is 0 Å². The van der Waals surface area contributed by atoms with Crippen LogP contribution in [0.15, 0.2) is 0 Å². The maximum absolute atomic E-state index is 12.4. The van der Waals surface area contributed by atoms with E-state index in [9.17, 15) is 5.11 Å². The van der Waals surface area contributed by atoms with Gasteiger partial charge in [0.15, 0.2) is 0 Å². The van der Waals surface area contributed by atoms with Crippen LogP contribution in [0.4, 0.5) is 0 Å². The Kier molecular flexibility index (Phi) is 14.5. The first kappa shape index (κ1) is 22.0. The molecule has 0 aliphatic heterocycles. The summed E-state index contributed by atoms with van der Waals surface area (Å²) in [7, 11) is 0. The summed E-state index contributed by atoms with van der Waals surface area (Å²) in [5.41, 5.74) is 0.0459. The van der Waals surface area contributed by atoms with Gasteiger partial charge in [0, 0.05) is 0 Å². The lowest BCUT2D eigenvalue weighted by atomic mass is 9.74. The van der Waals surface area contributed by atoms with Crippen LogP contribution in [0.5, 0.6) is 0 Å². The van der Waals surface area contributed by atoms with Crippen LogP contribution < -0.4 is 0 Å². The highest BCUT2D eigenvalue weighted by molar-refractivity contribution is 4.81. The van der Waals surface area contributed by atoms with E-state index in [2.05, 4.69) is 27.7 Å². The lowest BCUT2D eigenvalue weighted by molar-refractivity contribution is -0.0334. The first-order valence-electron chi connectivity index (χ1n) is 10.3. The van der Waals surface area contributed by atoms with Crippen molar-refractivity contribution in [3.8, 4) is 0 Å². The molecule has 0 fully saturated rings. The van der Waals surface area contributed by atoms with E-state index in [1.807, 2.05) is 0 Å². The molecule has 0 amide bonds. The fourth-order valence-electron chi connectivity index (χ4n) is 3.56. The number of hydrogen-bond donors (Lipinski definition) is 0. The molecule has 0 aliphatic rings. The van der Waals surface area contributed by atoms with Crippen LogP contribution in [0.3, 0.4) is 0 Å². The first-order chi connectivity index (χ1) is 10.6. The third kappa shape index (κ3) is 10.6.